The van der Waals surface area contributed by atoms with E-state index in [-0.39, 0.29) is 30.9 Å². The zero-order valence-corrected chi connectivity index (χ0v) is 23.4. The molecule has 5 rings (SSSR count). The fourth-order valence-corrected chi connectivity index (χ4v) is 5.76. The van der Waals surface area contributed by atoms with Crippen molar-refractivity contribution in [2.45, 2.75) is 51.5 Å². The first kappa shape index (κ1) is 27.5. The van der Waals surface area contributed by atoms with Crippen molar-refractivity contribution >= 4 is 28.6 Å². The first-order valence-corrected chi connectivity index (χ1v) is 13.9. The number of methoxy groups -OCH3 is 1. The second-order valence-corrected chi connectivity index (χ2v) is 10.5. The Morgan fingerprint density at radius 1 is 1.02 bits per heavy atom. The molecule has 3 aromatic rings. The number of amides is 4. The van der Waals surface area contributed by atoms with Crippen LogP contribution < -0.4 is 10.1 Å². The van der Waals surface area contributed by atoms with E-state index in [2.05, 4.69) is 30.4 Å². The number of likely N-dealkylation sites (N-methyl/N-ethyl adjacent to an activating group) is 1. The minimum absolute atomic E-state index is 0.0334. The van der Waals surface area contributed by atoms with Crippen molar-refractivity contribution in [2.75, 3.05) is 27.2 Å². The quantitative estimate of drug-likeness (QED) is 0.465. The van der Waals surface area contributed by atoms with Crippen molar-refractivity contribution < 1.29 is 19.1 Å². The standard InChI is InChI=1S/C31H37N5O4/c1-4-5-13-27-30(38)34(19-24-11-8-10-23-9-6-7-12-26(23)24)20-28-35(27)29(37)21-33(2)36(28)31(39)32-18-22-14-16-25(40-3)17-15-22/h6-12,14-17,27-28H,4-5,13,18-21H2,1-3H3,(H,32,39)/t27-,28-/m0/s1. The third-order valence-corrected chi connectivity index (χ3v) is 7.82. The van der Waals surface area contributed by atoms with Crippen LogP contribution in [0.3, 0.4) is 0 Å². The van der Waals surface area contributed by atoms with Crippen LogP contribution >= 0.6 is 0 Å². The lowest BCUT2D eigenvalue weighted by atomic mass is 9.99. The number of urea groups is 1. The number of hydrazine groups is 1. The lowest BCUT2D eigenvalue weighted by Gasteiger charge is -2.54. The first-order valence-electron chi connectivity index (χ1n) is 13.9. The first-order chi connectivity index (χ1) is 19.4. The fraction of sp³-hybridized carbons (Fsp3) is 0.387. The summed E-state index contributed by atoms with van der Waals surface area (Å²) in [4.78, 5) is 44.3. The number of piperazine rings is 1. The van der Waals surface area contributed by atoms with Crippen LogP contribution in [-0.2, 0) is 22.7 Å². The fourth-order valence-electron chi connectivity index (χ4n) is 5.76. The normalized spacial score (nSPS) is 19.6. The van der Waals surface area contributed by atoms with Crippen LogP contribution in [0.5, 0.6) is 5.75 Å². The minimum Gasteiger partial charge on any atom is -0.497 e. The molecule has 2 aliphatic rings. The van der Waals surface area contributed by atoms with Gasteiger partial charge < -0.3 is 19.9 Å². The third kappa shape index (κ3) is 5.47. The smallest absolute Gasteiger partial charge is 0.334 e. The molecule has 0 radical (unpaired) electrons. The Balaban J connectivity index is 1.42. The van der Waals surface area contributed by atoms with Gasteiger partial charge in [-0.25, -0.2) is 14.8 Å². The van der Waals surface area contributed by atoms with E-state index >= 15 is 0 Å². The van der Waals surface area contributed by atoms with Gasteiger partial charge in [0.1, 0.15) is 18.0 Å². The van der Waals surface area contributed by atoms with Gasteiger partial charge in [-0.15, -0.1) is 0 Å². The Morgan fingerprint density at radius 2 is 1.77 bits per heavy atom. The topological polar surface area (TPSA) is 85.4 Å². The van der Waals surface area contributed by atoms with Gasteiger partial charge in [0.2, 0.25) is 11.8 Å². The predicted octanol–water partition coefficient (Wildman–Crippen LogP) is 3.98. The lowest BCUT2D eigenvalue weighted by molar-refractivity contribution is -0.188. The maximum Gasteiger partial charge on any atom is 0.334 e. The van der Waals surface area contributed by atoms with Crippen LogP contribution in [-0.4, -0.2) is 77.1 Å². The molecule has 9 heteroatoms. The van der Waals surface area contributed by atoms with Crippen LogP contribution in [0.2, 0.25) is 0 Å². The van der Waals surface area contributed by atoms with Gasteiger partial charge in [-0.1, -0.05) is 74.4 Å². The Hall–Kier alpha value is -4.11. The zero-order chi connectivity index (χ0) is 28.2. The molecule has 0 unspecified atom stereocenters. The molecule has 2 heterocycles. The summed E-state index contributed by atoms with van der Waals surface area (Å²) in [6.07, 6.45) is 1.69. The minimum atomic E-state index is -0.605. The SMILES string of the molecule is CCCC[C@H]1C(=O)N(Cc2cccc3ccccc23)C[C@H]2N1C(=O)CN(C)N2C(=O)NCc1ccc(OC)cc1. The van der Waals surface area contributed by atoms with Crippen molar-refractivity contribution in [3.63, 3.8) is 0 Å². The summed E-state index contributed by atoms with van der Waals surface area (Å²) < 4.78 is 5.22. The predicted molar refractivity (Wildman–Crippen MR) is 153 cm³/mol. The lowest BCUT2D eigenvalue weighted by Crippen LogP contribution is -2.75. The average molecular weight is 544 g/mol. The number of hydrogen-bond acceptors (Lipinski definition) is 5. The Bertz CT molecular complexity index is 1370. The molecular formula is C31H37N5O4. The second kappa shape index (κ2) is 12.0. The Labute approximate surface area is 235 Å². The number of carbonyl (C=O) groups is 3. The van der Waals surface area contributed by atoms with E-state index in [1.165, 1.54) is 0 Å². The van der Waals surface area contributed by atoms with Gasteiger partial charge in [-0.05, 0) is 40.5 Å². The second-order valence-electron chi connectivity index (χ2n) is 10.5. The highest BCUT2D eigenvalue weighted by Crippen LogP contribution is 2.30. The summed E-state index contributed by atoms with van der Waals surface area (Å²) in [7, 11) is 3.36. The van der Waals surface area contributed by atoms with Crippen LogP contribution in [0.1, 0.15) is 37.3 Å². The van der Waals surface area contributed by atoms with Gasteiger partial charge in [-0.2, -0.15) is 0 Å². The maximum atomic E-state index is 13.9. The van der Waals surface area contributed by atoms with E-state index in [1.54, 1.807) is 29.1 Å². The summed E-state index contributed by atoms with van der Waals surface area (Å²) in [6.45, 7) is 3.07. The van der Waals surface area contributed by atoms with Crippen molar-refractivity contribution in [1.82, 2.24) is 25.1 Å². The highest BCUT2D eigenvalue weighted by Gasteiger charge is 2.50. The van der Waals surface area contributed by atoms with Crippen LogP contribution in [0.25, 0.3) is 10.8 Å². The number of benzene rings is 3. The molecule has 3 aromatic carbocycles. The van der Waals surface area contributed by atoms with Gasteiger partial charge in [-0.3, -0.25) is 9.59 Å². The molecule has 2 fully saturated rings. The average Bonchev–Trinajstić information content (AvgIpc) is 2.96. The highest BCUT2D eigenvalue weighted by atomic mass is 16.5. The zero-order valence-electron chi connectivity index (χ0n) is 23.4. The monoisotopic (exact) mass is 543 g/mol. The molecule has 9 nitrogen and oxygen atoms in total. The molecule has 0 saturated carbocycles. The van der Waals surface area contributed by atoms with Crippen LogP contribution in [0.4, 0.5) is 4.79 Å². The molecule has 2 aliphatic heterocycles. The molecule has 0 aromatic heterocycles. The number of carbonyl (C=O) groups excluding carboxylic acids is 3. The highest BCUT2D eigenvalue weighted by molar-refractivity contribution is 5.92. The summed E-state index contributed by atoms with van der Waals surface area (Å²) in [5.41, 5.74) is 1.97. The number of hydrogen-bond donors (Lipinski definition) is 1. The molecule has 0 aliphatic carbocycles. The van der Waals surface area contributed by atoms with Gasteiger partial charge in [0.05, 0.1) is 20.2 Å². The number of unbranched alkanes of at least 4 members (excludes halogenated alkanes) is 1. The number of fused-ring (bicyclic) bond motifs is 2. The molecular weight excluding hydrogens is 506 g/mol. The summed E-state index contributed by atoms with van der Waals surface area (Å²) >= 11 is 0. The van der Waals surface area contributed by atoms with Gasteiger partial charge in [0.15, 0.2) is 0 Å². The summed E-state index contributed by atoms with van der Waals surface area (Å²) in [5, 5.41) is 8.48. The van der Waals surface area contributed by atoms with Gasteiger partial charge in [0.25, 0.3) is 0 Å². The molecule has 0 bridgehead atoms. The van der Waals surface area contributed by atoms with Gasteiger partial charge >= 0.3 is 6.03 Å². The van der Waals surface area contributed by atoms with Crippen molar-refractivity contribution in [1.29, 1.82) is 0 Å². The number of nitrogens with zero attached hydrogens (tertiary/aromatic N) is 4. The molecule has 2 atom stereocenters. The molecule has 2 saturated heterocycles. The molecule has 40 heavy (non-hydrogen) atoms. The van der Waals surface area contributed by atoms with Crippen molar-refractivity contribution in [2.24, 2.45) is 0 Å². The Morgan fingerprint density at radius 3 is 2.52 bits per heavy atom. The van der Waals surface area contributed by atoms with E-state index < -0.39 is 12.2 Å². The van der Waals surface area contributed by atoms with E-state index in [0.29, 0.717) is 19.5 Å². The van der Waals surface area contributed by atoms with Crippen LogP contribution in [0.15, 0.2) is 66.7 Å². The maximum absolute atomic E-state index is 13.9. The largest absolute Gasteiger partial charge is 0.497 e. The molecule has 4 amide bonds. The summed E-state index contributed by atoms with van der Waals surface area (Å²) in [5.74, 6) is 0.552. The van der Waals surface area contributed by atoms with E-state index in [1.807, 2.05) is 53.4 Å². The van der Waals surface area contributed by atoms with Gasteiger partial charge in [0, 0.05) is 20.1 Å². The number of ether oxygens (including phenoxy) is 1. The third-order valence-electron chi connectivity index (χ3n) is 7.82. The van der Waals surface area contributed by atoms with Crippen molar-refractivity contribution in [3.8, 4) is 5.75 Å². The molecule has 1 N–H and O–H groups in total. The molecule has 210 valence electrons. The molecule has 0 spiro atoms. The number of nitrogens with one attached hydrogen (secondary N) is 1. The number of rotatable bonds is 8. The van der Waals surface area contributed by atoms with Crippen molar-refractivity contribution in [3.05, 3.63) is 77.9 Å². The van der Waals surface area contributed by atoms with E-state index in [4.69, 9.17) is 4.74 Å². The van der Waals surface area contributed by atoms with E-state index in [0.717, 1.165) is 40.5 Å². The summed E-state index contributed by atoms with van der Waals surface area (Å²) in [6, 6.07) is 20.8. The Kier molecular flexibility index (Phi) is 8.21. The van der Waals surface area contributed by atoms with Crippen LogP contribution in [0, 0.1) is 0 Å². The van der Waals surface area contributed by atoms with E-state index in [9.17, 15) is 14.4 Å².